The predicted octanol–water partition coefficient (Wildman–Crippen LogP) is 4.10. The van der Waals surface area contributed by atoms with Gasteiger partial charge in [0.25, 0.3) is 5.91 Å². The SMILES string of the molecule is CCN(CC)C(=O)C1=C(C)N=C2SC(C#N)=C(N)N2[C@@H]1c1c(OC)ccc2ccccc12. The highest BCUT2D eigenvalue weighted by molar-refractivity contribution is 8.17. The number of methoxy groups -OCH3 is 1. The smallest absolute Gasteiger partial charge is 0.254 e. The number of ether oxygens (including phenoxy) is 1. The maximum atomic E-state index is 13.7. The summed E-state index contributed by atoms with van der Waals surface area (Å²) in [6.45, 7) is 6.90. The number of amidine groups is 1. The molecule has 2 heterocycles. The summed E-state index contributed by atoms with van der Waals surface area (Å²) < 4.78 is 5.78. The summed E-state index contributed by atoms with van der Waals surface area (Å²) in [4.78, 5) is 22.4. The third-order valence-corrected chi connectivity index (χ3v) is 6.86. The number of nitriles is 1. The molecule has 1 amide bonds. The van der Waals surface area contributed by atoms with Crippen LogP contribution in [-0.2, 0) is 4.79 Å². The molecule has 2 aliphatic heterocycles. The standard InChI is InChI=1S/C24H25N5O2S/c1-5-28(6-2)23(30)19-14(3)27-24-29(22(26)18(13-25)32-24)21(19)20-16-10-8-7-9-15(16)11-12-17(20)31-4/h7-12,21H,5-6,26H2,1-4H3/t21-/m0/s1. The molecule has 0 saturated heterocycles. The molecule has 0 radical (unpaired) electrons. The van der Waals surface area contributed by atoms with Crippen molar-refractivity contribution in [2.24, 2.45) is 10.7 Å². The van der Waals surface area contributed by atoms with Crippen LogP contribution < -0.4 is 10.5 Å². The van der Waals surface area contributed by atoms with Crippen LogP contribution in [0.5, 0.6) is 5.75 Å². The zero-order valence-electron chi connectivity index (χ0n) is 18.5. The average Bonchev–Trinajstić information content (AvgIpc) is 3.13. The number of nitrogens with two attached hydrogens (primary N) is 1. The molecule has 0 saturated carbocycles. The Balaban J connectivity index is 2.05. The van der Waals surface area contributed by atoms with Crippen molar-refractivity contribution in [2.75, 3.05) is 20.2 Å². The Hall–Kier alpha value is -3.44. The molecular weight excluding hydrogens is 422 g/mol. The summed E-state index contributed by atoms with van der Waals surface area (Å²) in [5.41, 5.74) is 8.43. The van der Waals surface area contributed by atoms with Crippen LogP contribution in [0, 0.1) is 11.3 Å². The first kappa shape index (κ1) is 21.8. The molecule has 2 aromatic carbocycles. The first-order valence-electron chi connectivity index (χ1n) is 10.5. The number of amides is 1. The number of thioether (sulfide) groups is 1. The van der Waals surface area contributed by atoms with Gasteiger partial charge < -0.3 is 15.4 Å². The second kappa shape index (κ2) is 8.60. The molecule has 164 valence electrons. The van der Waals surface area contributed by atoms with Crippen LogP contribution in [-0.4, -0.2) is 41.1 Å². The summed E-state index contributed by atoms with van der Waals surface area (Å²) in [6.07, 6.45) is 0. The van der Waals surface area contributed by atoms with Gasteiger partial charge in [0.05, 0.1) is 24.4 Å². The number of fused-ring (bicyclic) bond motifs is 2. The van der Waals surface area contributed by atoms with Gasteiger partial charge in [0, 0.05) is 18.7 Å². The van der Waals surface area contributed by atoms with Gasteiger partial charge in [-0.25, -0.2) is 4.99 Å². The van der Waals surface area contributed by atoms with Gasteiger partial charge in [0.1, 0.15) is 22.5 Å². The fourth-order valence-corrected chi connectivity index (χ4v) is 5.22. The van der Waals surface area contributed by atoms with Crippen molar-refractivity contribution < 1.29 is 9.53 Å². The molecule has 1 atom stereocenters. The largest absolute Gasteiger partial charge is 0.496 e. The van der Waals surface area contributed by atoms with E-state index in [2.05, 4.69) is 11.1 Å². The Morgan fingerprint density at radius 1 is 1.28 bits per heavy atom. The van der Waals surface area contributed by atoms with E-state index in [-0.39, 0.29) is 5.91 Å². The topological polar surface area (TPSA) is 95.0 Å². The van der Waals surface area contributed by atoms with Crippen molar-refractivity contribution in [3.8, 4) is 11.8 Å². The molecule has 0 aromatic heterocycles. The third-order valence-electron chi connectivity index (χ3n) is 5.88. The van der Waals surface area contributed by atoms with Crippen molar-refractivity contribution in [3.63, 3.8) is 0 Å². The number of likely N-dealkylation sites (N-methyl/N-ethyl adjacent to an activating group) is 1. The normalized spacial score (nSPS) is 17.9. The number of carbonyl (C=O) groups excluding carboxylic acids is 1. The Kier molecular flexibility index (Phi) is 5.85. The molecule has 0 fully saturated rings. The van der Waals surface area contributed by atoms with Crippen LogP contribution in [0.2, 0.25) is 0 Å². The maximum Gasteiger partial charge on any atom is 0.254 e. The number of carbonyl (C=O) groups is 1. The van der Waals surface area contributed by atoms with Gasteiger partial charge in [-0.2, -0.15) is 5.26 Å². The van der Waals surface area contributed by atoms with Crippen LogP contribution in [0.4, 0.5) is 0 Å². The summed E-state index contributed by atoms with van der Waals surface area (Å²) in [6, 6.07) is 13.5. The van der Waals surface area contributed by atoms with Crippen LogP contribution in [0.3, 0.4) is 0 Å². The van der Waals surface area contributed by atoms with E-state index < -0.39 is 6.04 Å². The third kappa shape index (κ3) is 3.30. The molecule has 0 spiro atoms. The summed E-state index contributed by atoms with van der Waals surface area (Å²) >= 11 is 1.23. The van der Waals surface area contributed by atoms with Gasteiger partial charge in [-0.3, -0.25) is 9.69 Å². The first-order chi connectivity index (χ1) is 15.5. The number of hydrogen-bond donors (Lipinski definition) is 1. The fraction of sp³-hybridized carbons (Fsp3) is 0.292. The Labute approximate surface area is 191 Å². The second-order valence-corrected chi connectivity index (χ2v) is 8.45. The van der Waals surface area contributed by atoms with Gasteiger partial charge in [0.2, 0.25) is 0 Å². The van der Waals surface area contributed by atoms with Crippen molar-refractivity contribution in [1.82, 2.24) is 9.80 Å². The number of allylic oxidation sites excluding steroid dienone is 2. The lowest BCUT2D eigenvalue weighted by Gasteiger charge is -2.37. The Bertz CT molecular complexity index is 1240. The van der Waals surface area contributed by atoms with Crippen molar-refractivity contribution >= 4 is 33.6 Å². The number of hydrogen-bond acceptors (Lipinski definition) is 7. The molecule has 0 unspecified atom stereocenters. The first-order valence-corrected chi connectivity index (χ1v) is 11.3. The molecular formula is C24H25N5O2S. The number of benzene rings is 2. The van der Waals surface area contributed by atoms with Crippen LogP contribution in [0.15, 0.2) is 63.4 Å². The molecule has 32 heavy (non-hydrogen) atoms. The van der Waals surface area contributed by atoms with E-state index in [0.717, 1.165) is 16.3 Å². The van der Waals surface area contributed by atoms with E-state index in [1.54, 1.807) is 16.9 Å². The van der Waals surface area contributed by atoms with Gasteiger partial charge in [0.15, 0.2) is 5.17 Å². The Morgan fingerprint density at radius 3 is 2.66 bits per heavy atom. The lowest BCUT2D eigenvalue weighted by atomic mass is 9.89. The van der Waals surface area contributed by atoms with Crippen molar-refractivity contribution in [1.29, 1.82) is 5.26 Å². The molecule has 2 N–H and O–H groups in total. The fourth-order valence-electron chi connectivity index (χ4n) is 4.30. The van der Waals surface area contributed by atoms with Crippen LogP contribution >= 0.6 is 11.8 Å². The minimum Gasteiger partial charge on any atom is -0.496 e. The quantitative estimate of drug-likeness (QED) is 0.741. The molecule has 0 bridgehead atoms. The van der Waals surface area contributed by atoms with E-state index in [1.165, 1.54) is 11.8 Å². The lowest BCUT2D eigenvalue weighted by molar-refractivity contribution is -0.127. The zero-order valence-corrected chi connectivity index (χ0v) is 19.4. The number of rotatable bonds is 5. The van der Waals surface area contributed by atoms with Crippen molar-refractivity contribution in [3.05, 3.63) is 64.0 Å². The highest BCUT2D eigenvalue weighted by Crippen LogP contribution is 2.49. The summed E-state index contributed by atoms with van der Waals surface area (Å²) in [7, 11) is 1.62. The molecule has 4 rings (SSSR count). The lowest BCUT2D eigenvalue weighted by Crippen LogP contribution is -2.42. The van der Waals surface area contributed by atoms with Gasteiger partial charge >= 0.3 is 0 Å². The highest BCUT2D eigenvalue weighted by atomic mass is 32.2. The van der Waals surface area contributed by atoms with E-state index in [0.29, 0.717) is 46.0 Å². The molecule has 7 nitrogen and oxygen atoms in total. The Morgan fingerprint density at radius 2 is 2.00 bits per heavy atom. The molecule has 2 aromatic rings. The molecule has 2 aliphatic rings. The van der Waals surface area contributed by atoms with Crippen LogP contribution in [0.25, 0.3) is 10.8 Å². The average molecular weight is 448 g/mol. The molecule has 8 heteroatoms. The summed E-state index contributed by atoms with van der Waals surface area (Å²) in [5, 5.41) is 12.2. The van der Waals surface area contributed by atoms with Gasteiger partial charge in [-0.1, -0.05) is 30.3 Å². The van der Waals surface area contributed by atoms with E-state index in [4.69, 9.17) is 10.5 Å². The second-order valence-electron chi connectivity index (χ2n) is 7.47. The van der Waals surface area contributed by atoms with Gasteiger partial charge in [-0.05, 0) is 49.4 Å². The summed E-state index contributed by atoms with van der Waals surface area (Å²) in [5.74, 6) is 0.850. The predicted molar refractivity (Wildman–Crippen MR) is 128 cm³/mol. The van der Waals surface area contributed by atoms with E-state index in [1.807, 2.05) is 57.2 Å². The number of aliphatic imine (C=N–C) groups is 1. The maximum absolute atomic E-state index is 13.7. The highest BCUT2D eigenvalue weighted by Gasteiger charge is 2.44. The van der Waals surface area contributed by atoms with Crippen molar-refractivity contribution in [2.45, 2.75) is 26.8 Å². The molecule has 0 aliphatic carbocycles. The van der Waals surface area contributed by atoms with Crippen LogP contribution in [0.1, 0.15) is 32.4 Å². The minimum absolute atomic E-state index is 0.0986. The van der Waals surface area contributed by atoms with Gasteiger partial charge in [-0.15, -0.1) is 0 Å². The minimum atomic E-state index is -0.574. The number of nitrogens with zero attached hydrogens (tertiary/aromatic N) is 4. The van der Waals surface area contributed by atoms with E-state index in [9.17, 15) is 10.1 Å². The zero-order chi connectivity index (χ0) is 23.0. The monoisotopic (exact) mass is 447 g/mol. The van der Waals surface area contributed by atoms with E-state index >= 15 is 0 Å².